The normalized spacial score (nSPS) is 25.8. The molecule has 2 aliphatic rings. The van der Waals surface area contributed by atoms with Gasteiger partial charge in [0, 0.05) is 11.1 Å². The Bertz CT molecular complexity index is 722. The second kappa shape index (κ2) is 6.43. The minimum atomic E-state index is -1.09. The van der Waals surface area contributed by atoms with Gasteiger partial charge in [-0.25, -0.2) is 9.18 Å². The molecule has 24 heavy (non-hydrogen) atoms. The number of allylic oxidation sites excluding steroid dienone is 1. The van der Waals surface area contributed by atoms with Gasteiger partial charge < -0.3 is 10.4 Å². The molecular formula is C17H18ClFN2O3. The minimum absolute atomic E-state index is 0.0523. The number of hydrogen-bond donors (Lipinski definition) is 2. The van der Waals surface area contributed by atoms with Crippen molar-refractivity contribution in [2.45, 2.75) is 31.8 Å². The van der Waals surface area contributed by atoms with Gasteiger partial charge in [-0.1, -0.05) is 29.8 Å². The Morgan fingerprint density at radius 1 is 1.38 bits per heavy atom. The van der Waals surface area contributed by atoms with E-state index in [1.165, 1.54) is 4.90 Å². The summed E-state index contributed by atoms with van der Waals surface area (Å²) in [5.41, 5.74) is 0.922. The van der Waals surface area contributed by atoms with Crippen LogP contribution in [0.25, 0.3) is 5.57 Å². The minimum Gasteiger partial charge on any atom is -0.465 e. The van der Waals surface area contributed by atoms with Crippen LogP contribution in [0.4, 0.5) is 9.18 Å². The summed E-state index contributed by atoms with van der Waals surface area (Å²) in [6, 6.07) is 6.11. The van der Waals surface area contributed by atoms with Crippen molar-refractivity contribution in [1.82, 2.24) is 10.2 Å². The second-order valence-corrected chi connectivity index (χ2v) is 6.64. The van der Waals surface area contributed by atoms with Crippen LogP contribution in [0.3, 0.4) is 0 Å². The zero-order chi connectivity index (χ0) is 17.4. The Morgan fingerprint density at radius 3 is 2.75 bits per heavy atom. The molecule has 1 aliphatic carbocycles. The van der Waals surface area contributed by atoms with E-state index in [4.69, 9.17) is 11.6 Å². The molecule has 128 valence electrons. The summed E-state index contributed by atoms with van der Waals surface area (Å²) in [6.45, 7) is 1.31. The maximum absolute atomic E-state index is 14.3. The molecule has 0 spiro atoms. The van der Waals surface area contributed by atoms with E-state index in [0.717, 1.165) is 6.42 Å². The first-order valence-electron chi connectivity index (χ1n) is 7.79. The topological polar surface area (TPSA) is 69.6 Å². The Morgan fingerprint density at radius 2 is 2.08 bits per heavy atom. The third-order valence-corrected chi connectivity index (χ3v) is 5.06. The molecule has 2 fully saturated rings. The molecule has 1 saturated carbocycles. The third kappa shape index (κ3) is 3.11. The number of carbonyl (C=O) groups is 2. The largest absolute Gasteiger partial charge is 0.465 e. The van der Waals surface area contributed by atoms with Crippen molar-refractivity contribution in [2.24, 2.45) is 5.92 Å². The van der Waals surface area contributed by atoms with Crippen LogP contribution < -0.4 is 5.32 Å². The number of rotatable bonds is 4. The summed E-state index contributed by atoms with van der Waals surface area (Å²) in [5, 5.41) is 12.2. The van der Waals surface area contributed by atoms with Crippen LogP contribution in [0.2, 0.25) is 5.02 Å². The van der Waals surface area contributed by atoms with Crippen molar-refractivity contribution < 1.29 is 19.1 Å². The number of amides is 2. The summed E-state index contributed by atoms with van der Waals surface area (Å²) < 4.78 is 14.3. The van der Waals surface area contributed by atoms with E-state index in [-0.39, 0.29) is 18.5 Å². The summed E-state index contributed by atoms with van der Waals surface area (Å²) in [5.74, 6) is -0.685. The van der Waals surface area contributed by atoms with Crippen LogP contribution in [0.15, 0.2) is 30.1 Å². The highest BCUT2D eigenvalue weighted by Crippen LogP contribution is 2.47. The molecule has 7 heteroatoms. The predicted octanol–water partition coefficient (Wildman–Crippen LogP) is 3.30. The molecule has 2 amide bonds. The summed E-state index contributed by atoms with van der Waals surface area (Å²) in [7, 11) is 0. The van der Waals surface area contributed by atoms with Gasteiger partial charge in [-0.15, -0.1) is 0 Å². The molecule has 0 aromatic heterocycles. The molecule has 1 aromatic rings. The molecule has 0 radical (unpaired) electrons. The van der Waals surface area contributed by atoms with Gasteiger partial charge in [0.2, 0.25) is 5.91 Å². The van der Waals surface area contributed by atoms with Crippen molar-refractivity contribution in [3.05, 3.63) is 40.7 Å². The van der Waals surface area contributed by atoms with Gasteiger partial charge in [0.15, 0.2) is 0 Å². The van der Waals surface area contributed by atoms with Crippen LogP contribution in [0, 0.1) is 5.92 Å². The van der Waals surface area contributed by atoms with Gasteiger partial charge in [-0.05, 0) is 42.9 Å². The Labute approximate surface area is 144 Å². The van der Waals surface area contributed by atoms with E-state index in [1.807, 2.05) is 0 Å². The van der Waals surface area contributed by atoms with Crippen molar-refractivity contribution in [1.29, 1.82) is 0 Å². The van der Waals surface area contributed by atoms with E-state index >= 15 is 0 Å². The van der Waals surface area contributed by atoms with E-state index < -0.39 is 23.9 Å². The number of nitrogens with zero attached hydrogens (tertiary/aromatic N) is 1. The summed E-state index contributed by atoms with van der Waals surface area (Å²) in [6.07, 6.45) is 0.233. The van der Waals surface area contributed by atoms with Crippen LogP contribution in [-0.4, -0.2) is 40.6 Å². The smallest absolute Gasteiger partial charge is 0.408 e. The Balaban J connectivity index is 1.65. The van der Waals surface area contributed by atoms with Crippen LogP contribution in [0.1, 0.15) is 25.3 Å². The fourth-order valence-electron chi connectivity index (χ4n) is 3.29. The first-order valence-corrected chi connectivity index (χ1v) is 8.17. The SMILES string of the molecule is C/C(=C(\F)CNC(=O)[C@@H]1C[C@H]2C[C@H]2N1C(=O)O)c1ccccc1Cl. The maximum Gasteiger partial charge on any atom is 0.408 e. The average molecular weight is 353 g/mol. The van der Waals surface area contributed by atoms with E-state index in [0.29, 0.717) is 22.6 Å². The number of benzene rings is 1. The monoisotopic (exact) mass is 352 g/mol. The van der Waals surface area contributed by atoms with Gasteiger partial charge in [0.25, 0.3) is 0 Å². The highest BCUT2D eigenvalue weighted by atomic mass is 35.5. The molecule has 1 heterocycles. The third-order valence-electron chi connectivity index (χ3n) is 4.73. The van der Waals surface area contributed by atoms with Gasteiger partial charge >= 0.3 is 6.09 Å². The quantitative estimate of drug-likeness (QED) is 0.873. The number of halogens is 2. The zero-order valence-electron chi connectivity index (χ0n) is 13.1. The first kappa shape index (κ1) is 16.8. The molecule has 1 saturated heterocycles. The lowest BCUT2D eigenvalue weighted by Crippen LogP contribution is -2.47. The first-order chi connectivity index (χ1) is 11.4. The number of nitrogens with one attached hydrogen (secondary N) is 1. The van der Waals surface area contributed by atoms with Crippen LogP contribution in [0.5, 0.6) is 0 Å². The lowest BCUT2D eigenvalue weighted by molar-refractivity contribution is -0.125. The van der Waals surface area contributed by atoms with Gasteiger partial charge in [0.1, 0.15) is 11.9 Å². The highest BCUT2D eigenvalue weighted by Gasteiger charge is 2.56. The van der Waals surface area contributed by atoms with E-state index in [9.17, 15) is 19.1 Å². The molecule has 3 atom stereocenters. The molecule has 0 bridgehead atoms. The number of carboxylic acid groups (broad SMARTS) is 1. The van der Waals surface area contributed by atoms with Crippen molar-refractivity contribution in [3.63, 3.8) is 0 Å². The highest BCUT2D eigenvalue weighted by molar-refractivity contribution is 6.32. The van der Waals surface area contributed by atoms with Gasteiger partial charge in [0.05, 0.1) is 6.54 Å². The number of carbonyl (C=O) groups excluding carboxylic acids is 1. The second-order valence-electron chi connectivity index (χ2n) is 6.23. The molecule has 5 nitrogen and oxygen atoms in total. The lowest BCUT2D eigenvalue weighted by atomic mass is 10.1. The van der Waals surface area contributed by atoms with Crippen molar-refractivity contribution in [2.75, 3.05) is 6.54 Å². The van der Waals surface area contributed by atoms with E-state index in [2.05, 4.69) is 5.32 Å². The average Bonchev–Trinajstić information content (AvgIpc) is 3.21. The van der Waals surface area contributed by atoms with Gasteiger partial charge in [-0.3, -0.25) is 9.69 Å². The summed E-state index contributed by atoms with van der Waals surface area (Å²) in [4.78, 5) is 24.7. The summed E-state index contributed by atoms with van der Waals surface area (Å²) >= 11 is 6.04. The molecule has 1 aromatic carbocycles. The number of hydrogen-bond acceptors (Lipinski definition) is 2. The predicted molar refractivity (Wildman–Crippen MR) is 88.3 cm³/mol. The van der Waals surface area contributed by atoms with Gasteiger partial charge in [-0.2, -0.15) is 0 Å². The van der Waals surface area contributed by atoms with Crippen LogP contribution >= 0.6 is 11.6 Å². The van der Waals surface area contributed by atoms with Crippen molar-refractivity contribution in [3.8, 4) is 0 Å². The molecule has 3 rings (SSSR count). The van der Waals surface area contributed by atoms with Crippen LogP contribution in [-0.2, 0) is 4.79 Å². The fraction of sp³-hybridized carbons (Fsp3) is 0.412. The zero-order valence-corrected chi connectivity index (χ0v) is 13.9. The molecule has 0 unspecified atom stereocenters. The van der Waals surface area contributed by atoms with Crippen molar-refractivity contribution >= 4 is 29.2 Å². The number of piperidine rings is 1. The number of likely N-dealkylation sites (tertiary alicyclic amines) is 1. The Kier molecular flexibility index (Phi) is 4.49. The maximum atomic E-state index is 14.3. The molecule has 2 N–H and O–H groups in total. The molecule has 1 aliphatic heterocycles. The fourth-order valence-corrected chi connectivity index (χ4v) is 3.57. The molecular weight excluding hydrogens is 335 g/mol. The standard InChI is InChI=1S/C17H18ClFN2O3/c1-9(11-4-2-3-5-12(11)18)13(19)8-20-16(22)15-7-10-6-14(10)21(15)17(23)24/h2-5,10,14-15H,6-8H2,1H3,(H,20,22)(H,23,24)/b13-9+/t10-,14-,15+/m1/s1. The number of fused-ring (bicyclic) bond motifs is 1. The van der Waals surface area contributed by atoms with E-state index in [1.54, 1.807) is 31.2 Å². The lowest BCUT2D eigenvalue weighted by Gasteiger charge is -2.23. The Hall–Kier alpha value is -2.08.